The van der Waals surface area contributed by atoms with Crippen LogP contribution in [0, 0.1) is 0 Å². The molecule has 0 spiro atoms. The molecule has 0 heterocycles. The first-order valence-corrected chi connectivity index (χ1v) is 9.57. The molecule has 3 nitrogen and oxygen atoms in total. The number of rotatable bonds is 11. The second-order valence-corrected chi connectivity index (χ2v) is 8.84. The Balaban J connectivity index is 3.73. The smallest absolute Gasteiger partial charge is 0.154 e. The van der Waals surface area contributed by atoms with E-state index in [0.717, 1.165) is 12.8 Å². The third-order valence-electron chi connectivity index (χ3n) is 4.22. The van der Waals surface area contributed by atoms with Crippen LogP contribution in [0.4, 0.5) is 0 Å². The molecule has 2 N–H and O–H groups in total. The van der Waals surface area contributed by atoms with E-state index in [1.807, 2.05) is 0 Å². The molecule has 0 aromatic rings. The van der Waals surface area contributed by atoms with Crippen LogP contribution in [0.5, 0.6) is 0 Å². The molecule has 0 rings (SSSR count). The highest BCUT2D eigenvalue weighted by molar-refractivity contribution is 7.92. The average molecular weight is 292 g/mol. The van der Waals surface area contributed by atoms with Crippen molar-refractivity contribution in [2.75, 3.05) is 6.26 Å². The first kappa shape index (κ1) is 18.9. The lowest BCUT2D eigenvalue weighted by atomic mass is 9.97. The molecule has 1 atom stereocenters. The van der Waals surface area contributed by atoms with Gasteiger partial charge in [-0.1, -0.05) is 58.3 Å². The maximum atomic E-state index is 11.7. The van der Waals surface area contributed by atoms with Crippen LogP contribution in [0.15, 0.2) is 0 Å². The third-order valence-corrected chi connectivity index (χ3v) is 6.43. The fourth-order valence-electron chi connectivity index (χ4n) is 2.12. The highest BCUT2D eigenvalue weighted by Gasteiger charge is 2.36. The van der Waals surface area contributed by atoms with Crippen LogP contribution in [-0.4, -0.2) is 25.5 Å². The quantitative estimate of drug-likeness (QED) is 0.591. The Hall–Kier alpha value is -0.0900. The maximum absolute atomic E-state index is 11.7. The van der Waals surface area contributed by atoms with Gasteiger partial charge in [0.05, 0.1) is 4.75 Å². The second-order valence-electron chi connectivity index (χ2n) is 6.25. The normalized spacial score (nSPS) is 14.6. The summed E-state index contributed by atoms with van der Waals surface area (Å²) in [5.41, 5.74) is 6.04. The van der Waals surface area contributed by atoms with Crippen LogP contribution >= 0.6 is 0 Å². The fourth-order valence-corrected chi connectivity index (χ4v) is 2.79. The minimum atomic E-state index is -3.08. The highest BCUT2D eigenvalue weighted by Crippen LogP contribution is 2.22. The molecule has 0 saturated carbocycles. The molecule has 4 heteroatoms. The van der Waals surface area contributed by atoms with Crippen molar-refractivity contribution >= 4 is 9.84 Å². The van der Waals surface area contributed by atoms with Crippen molar-refractivity contribution in [1.82, 2.24) is 0 Å². The van der Waals surface area contributed by atoms with Gasteiger partial charge in [-0.05, 0) is 20.3 Å². The zero-order valence-electron chi connectivity index (χ0n) is 13.2. The molecule has 0 aromatic carbocycles. The Bertz CT molecular complexity index is 323. The number of hydrogen-bond acceptors (Lipinski definition) is 3. The molecular formula is C15H33NO2S. The summed E-state index contributed by atoms with van der Waals surface area (Å²) in [6, 6.07) is -0.261. The largest absolute Gasteiger partial charge is 0.326 e. The molecule has 0 saturated heterocycles. The molecule has 0 fully saturated rings. The van der Waals surface area contributed by atoms with Crippen molar-refractivity contribution in [3.63, 3.8) is 0 Å². The van der Waals surface area contributed by atoms with Gasteiger partial charge in [0.1, 0.15) is 0 Å². The Morgan fingerprint density at radius 2 is 1.37 bits per heavy atom. The number of nitrogens with two attached hydrogens (primary N) is 1. The maximum Gasteiger partial charge on any atom is 0.154 e. The molecule has 1 unspecified atom stereocenters. The zero-order chi connectivity index (χ0) is 14.9. The van der Waals surface area contributed by atoms with E-state index in [-0.39, 0.29) is 6.04 Å². The lowest BCUT2D eigenvalue weighted by Crippen LogP contribution is -2.48. The minimum Gasteiger partial charge on any atom is -0.326 e. The lowest BCUT2D eigenvalue weighted by molar-refractivity contribution is 0.442. The SMILES string of the molecule is CCCCCCCCCCC(N)C(C)(C)S(C)(=O)=O. The summed E-state index contributed by atoms with van der Waals surface area (Å²) in [5, 5.41) is 0. The van der Waals surface area contributed by atoms with E-state index in [2.05, 4.69) is 6.92 Å². The Morgan fingerprint density at radius 3 is 1.79 bits per heavy atom. The zero-order valence-corrected chi connectivity index (χ0v) is 14.1. The van der Waals surface area contributed by atoms with Gasteiger partial charge >= 0.3 is 0 Å². The first-order chi connectivity index (χ1) is 8.73. The molecule has 0 aromatic heterocycles. The minimum absolute atomic E-state index is 0.261. The topological polar surface area (TPSA) is 60.2 Å². The molecule has 116 valence electrons. The van der Waals surface area contributed by atoms with Crippen LogP contribution in [0.25, 0.3) is 0 Å². The van der Waals surface area contributed by atoms with Gasteiger partial charge in [0.25, 0.3) is 0 Å². The first-order valence-electron chi connectivity index (χ1n) is 7.68. The summed E-state index contributed by atoms with van der Waals surface area (Å²) in [5.74, 6) is 0. The van der Waals surface area contributed by atoms with Crippen LogP contribution in [0.2, 0.25) is 0 Å². The van der Waals surface area contributed by atoms with Gasteiger partial charge in [-0.15, -0.1) is 0 Å². The van der Waals surface area contributed by atoms with Crippen LogP contribution in [0.3, 0.4) is 0 Å². The molecule has 19 heavy (non-hydrogen) atoms. The highest BCUT2D eigenvalue weighted by atomic mass is 32.2. The lowest BCUT2D eigenvalue weighted by Gasteiger charge is -2.29. The molecule has 0 radical (unpaired) electrons. The van der Waals surface area contributed by atoms with Crippen molar-refractivity contribution < 1.29 is 8.42 Å². The Morgan fingerprint density at radius 1 is 0.947 bits per heavy atom. The average Bonchev–Trinajstić information content (AvgIpc) is 2.30. The van der Waals surface area contributed by atoms with E-state index in [1.165, 1.54) is 51.2 Å². The summed E-state index contributed by atoms with van der Waals surface area (Å²) in [6.45, 7) is 5.69. The summed E-state index contributed by atoms with van der Waals surface area (Å²) < 4.78 is 22.5. The van der Waals surface area contributed by atoms with Crippen molar-refractivity contribution in [3.8, 4) is 0 Å². The number of sulfone groups is 1. The van der Waals surface area contributed by atoms with Gasteiger partial charge in [-0.25, -0.2) is 8.42 Å². The summed E-state index contributed by atoms with van der Waals surface area (Å²) in [7, 11) is -3.08. The van der Waals surface area contributed by atoms with E-state index in [9.17, 15) is 8.42 Å². The van der Waals surface area contributed by atoms with E-state index in [4.69, 9.17) is 5.73 Å². The van der Waals surface area contributed by atoms with E-state index < -0.39 is 14.6 Å². The van der Waals surface area contributed by atoms with Gasteiger partial charge in [-0.2, -0.15) is 0 Å². The number of hydrogen-bond donors (Lipinski definition) is 1. The second kappa shape index (κ2) is 8.96. The Kier molecular flexibility index (Phi) is 8.92. The molecule has 0 aliphatic carbocycles. The van der Waals surface area contributed by atoms with Crippen molar-refractivity contribution in [3.05, 3.63) is 0 Å². The monoisotopic (exact) mass is 291 g/mol. The van der Waals surface area contributed by atoms with Gasteiger partial charge in [0, 0.05) is 12.3 Å². The summed E-state index contributed by atoms with van der Waals surface area (Å²) in [6.07, 6.45) is 12.1. The Labute approximate surface area is 120 Å². The van der Waals surface area contributed by atoms with E-state index >= 15 is 0 Å². The van der Waals surface area contributed by atoms with Gasteiger partial charge < -0.3 is 5.73 Å². The molecule has 0 aliphatic rings. The third kappa shape index (κ3) is 7.31. The standard InChI is InChI=1S/C15H33NO2S/c1-5-6-7-8-9-10-11-12-13-14(16)15(2,3)19(4,17)18/h14H,5-13,16H2,1-4H3. The number of unbranched alkanes of at least 4 members (excludes halogenated alkanes) is 7. The van der Waals surface area contributed by atoms with Crippen LogP contribution in [0.1, 0.15) is 78.6 Å². The van der Waals surface area contributed by atoms with Gasteiger partial charge in [0.15, 0.2) is 9.84 Å². The molecule has 0 amide bonds. The van der Waals surface area contributed by atoms with Crippen molar-refractivity contribution in [1.29, 1.82) is 0 Å². The summed E-state index contributed by atoms with van der Waals surface area (Å²) in [4.78, 5) is 0. The molecular weight excluding hydrogens is 258 g/mol. The van der Waals surface area contributed by atoms with Crippen molar-refractivity contribution in [2.45, 2.75) is 89.3 Å². The fraction of sp³-hybridized carbons (Fsp3) is 1.00. The predicted octanol–water partition coefficient (Wildman–Crippen LogP) is 3.67. The summed E-state index contributed by atoms with van der Waals surface area (Å²) >= 11 is 0. The van der Waals surface area contributed by atoms with Gasteiger partial charge in [0.2, 0.25) is 0 Å². The van der Waals surface area contributed by atoms with E-state index in [0.29, 0.717) is 0 Å². The van der Waals surface area contributed by atoms with Crippen LogP contribution < -0.4 is 5.73 Å². The van der Waals surface area contributed by atoms with Crippen molar-refractivity contribution in [2.24, 2.45) is 5.73 Å². The van der Waals surface area contributed by atoms with E-state index in [1.54, 1.807) is 13.8 Å². The molecule has 0 aliphatic heterocycles. The molecule has 0 bridgehead atoms. The predicted molar refractivity (Wildman–Crippen MR) is 84.1 cm³/mol. The van der Waals surface area contributed by atoms with Gasteiger partial charge in [-0.3, -0.25) is 0 Å². The van der Waals surface area contributed by atoms with Crippen LogP contribution in [-0.2, 0) is 9.84 Å².